The van der Waals surface area contributed by atoms with Gasteiger partial charge in [0.05, 0.1) is 5.52 Å². The molecule has 3 aromatic rings. The Kier molecular flexibility index (Phi) is 6.29. The fourth-order valence-corrected chi connectivity index (χ4v) is 4.63. The van der Waals surface area contributed by atoms with E-state index in [1.165, 1.54) is 4.90 Å². The van der Waals surface area contributed by atoms with Crippen molar-refractivity contribution >= 4 is 22.7 Å². The molecule has 2 unspecified atom stereocenters. The summed E-state index contributed by atoms with van der Waals surface area (Å²) in [5.74, 6) is -0.312. The molecule has 2 heterocycles. The van der Waals surface area contributed by atoms with E-state index in [9.17, 15) is 14.8 Å². The van der Waals surface area contributed by atoms with Crippen LogP contribution in [-0.2, 0) is 21.7 Å². The number of pyridine rings is 1. The molecule has 2 atom stereocenters. The van der Waals surface area contributed by atoms with Crippen molar-refractivity contribution in [2.24, 2.45) is 11.1 Å². The van der Waals surface area contributed by atoms with Crippen LogP contribution in [-0.4, -0.2) is 39.5 Å². The molecule has 4 rings (SSSR count). The SMILES string of the molecule is CC(C)(C)C(C(=O)NO)N1CCC(N)(c2ccc(OCc3ccnc4ccccc34)cc2)C1=O. The molecule has 0 bridgehead atoms. The van der Waals surface area contributed by atoms with E-state index in [1.807, 2.05) is 51.1 Å². The van der Waals surface area contributed by atoms with Gasteiger partial charge < -0.3 is 15.4 Å². The van der Waals surface area contributed by atoms with Crippen molar-refractivity contribution in [1.29, 1.82) is 0 Å². The molecule has 0 radical (unpaired) electrons. The summed E-state index contributed by atoms with van der Waals surface area (Å²) in [6.45, 7) is 6.23. The number of carbonyl (C=O) groups is 2. The Balaban J connectivity index is 1.50. The lowest BCUT2D eigenvalue weighted by Crippen LogP contribution is -2.56. The number of rotatable bonds is 6. The zero-order chi connectivity index (χ0) is 24.5. The number of nitrogens with zero attached hydrogens (tertiary/aromatic N) is 2. The predicted molar refractivity (Wildman–Crippen MR) is 128 cm³/mol. The van der Waals surface area contributed by atoms with Crippen molar-refractivity contribution in [3.8, 4) is 5.75 Å². The lowest BCUT2D eigenvalue weighted by atomic mass is 9.84. The third-order valence-electron chi connectivity index (χ3n) is 6.38. The maximum Gasteiger partial charge on any atom is 0.266 e. The number of para-hydroxylation sites is 1. The van der Waals surface area contributed by atoms with E-state index in [1.54, 1.807) is 35.9 Å². The zero-order valence-corrected chi connectivity index (χ0v) is 19.6. The highest BCUT2D eigenvalue weighted by atomic mass is 16.5. The normalized spacial score (nSPS) is 19.3. The van der Waals surface area contributed by atoms with Crippen LogP contribution in [0.2, 0.25) is 0 Å². The summed E-state index contributed by atoms with van der Waals surface area (Å²) in [6.07, 6.45) is 2.13. The molecular weight excluding hydrogens is 432 g/mol. The van der Waals surface area contributed by atoms with Crippen LogP contribution in [0.5, 0.6) is 5.75 Å². The number of amides is 2. The summed E-state index contributed by atoms with van der Waals surface area (Å²) in [6, 6.07) is 16.2. The molecule has 0 aliphatic carbocycles. The Hall–Kier alpha value is -3.49. The number of carbonyl (C=O) groups excluding carboxylic acids is 2. The number of ether oxygens (including phenoxy) is 1. The molecular formula is C26H30N4O4. The molecule has 1 aromatic heterocycles. The monoisotopic (exact) mass is 462 g/mol. The van der Waals surface area contributed by atoms with Gasteiger partial charge in [0.1, 0.15) is 23.9 Å². The maximum absolute atomic E-state index is 13.4. The van der Waals surface area contributed by atoms with E-state index in [4.69, 9.17) is 10.5 Å². The number of aromatic nitrogens is 1. The fraction of sp³-hybridized carbons (Fsp3) is 0.346. The van der Waals surface area contributed by atoms with Crippen molar-refractivity contribution in [3.63, 3.8) is 0 Å². The highest BCUT2D eigenvalue weighted by molar-refractivity contribution is 5.94. The summed E-state index contributed by atoms with van der Waals surface area (Å²) < 4.78 is 5.98. The van der Waals surface area contributed by atoms with Crippen LogP contribution in [0.25, 0.3) is 10.9 Å². The molecule has 0 spiro atoms. The van der Waals surface area contributed by atoms with Crippen LogP contribution in [0.15, 0.2) is 60.8 Å². The number of hydrogen-bond acceptors (Lipinski definition) is 6. The fourth-order valence-electron chi connectivity index (χ4n) is 4.63. The highest BCUT2D eigenvalue weighted by Gasteiger charge is 2.51. The van der Waals surface area contributed by atoms with Gasteiger partial charge in [0.2, 0.25) is 5.91 Å². The molecule has 1 aliphatic heterocycles. The second-order valence-corrected chi connectivity index (χ2v) is 9.76. The standard InChI is InChI=1S/C26H30N4O4/c1-25(2,3)22(23(31)29-33)30-15-13-26(27,24(30)32)18-8-10-19(11-9-18)34-16-17-12-14-28-21-7-5-4-6-20(17)21/h4-12,14,22,33H,13,15-16,27H2,1-3H3,(H,29,31). The minimum atomic E-state index is -1.25. The molecule has 2 aromatic carbocycles. The maximum atomic E-state index is 13.4. The van der Waals surface area contributed by atoms with Crippen LogP contribution in [0.3, 0.4) is 0 Å². The molecule has 34 heavy (non-hydrogen) atoms. The van der Waals surface area contributed by atoms with Crippen LogP contribution in [0.1, 0.15) is 38.3 Å². The average molecular weight is 463 g/mol. The second kappa shape index (κ2) is 9.04. The summed E-state index contributed by atoms with van der Waals surface area (Å²) in [5.41, 5.74) is 9.03. The number of likely N-dealkylation sites (tertiary alicyclic amines) is 1. The van der Waals surface area contributed by atoms with E-state index in [0.29, 0.717) is 30.9 Å². The van der Waals surface area contributed by atoms with Crippen molar-refractivity contribution in [2.45, 2.75) is 45.4 Å². The Morgan fingerprint density at radius 2 is 1.91 bits per heavy atom. The van der Waals surface area contributed by atoms with Crippen LogP contribution >= 0.6 is 0 Å². The van der Waals surface area contributed by atoms with Crippen molar-refractivity contribution in [3.05, 3.63) is 71.9 Å². The third kappa shape index (κ3) is 4.34. The summed E-state index contributed by atoms with van der Waals surface area (Å²) in [5, 5.41) is 10.2. The summed E-state index contributed by atoms with van der Waals surface area (Å²) in [4.78, 5) is 31.5. The van der Waals surface area contributed by atoms with Gasteiger partial charge in [-0.1, -0.05) is 51.1 Å². The van der Waals surface area contributed by atoms with Crippen LogP contribution < -0.4 is 16.0 Å². The topological polar surface area (TPSA) is 118 Å². The molecule has 178 valence electrons. The van der Waals surface area contributed by atoms with Crippen molar-refractivity contribution < 1.29 is 19.5 Å². The summed E-state index contributed by atoms with van der Waals surface area (Å²) >= 11 is 0. The molecule has 4 N–H and O–H groups in total. The highest BCUT2D eigenvalue weighted by Crippen LogP contribution is 2.37. The molecule has 2 amide bonds. The Morgan fingerprint density at radius 3 is 2.59 bits per heavy atom. The molecule has 8 heteroatoms. The van der Waals surface area contributed by atoms with Crippen molar-refractivity contribution in [1.82, 2.24) is 15.4 Å². The number of hydroxylamine groups is 1. The molecule has 1 fully saturated rings. The summed E-state index contributed by atoms with van der Waals surface area (Å²) in [7, 11) is 0. The number of benzene rings is 2. The van der Waals surface area contributed by atoms with Gasteiger partial charge in [-0.05, 0) is 41.7 Å². The lowest BCUT2D eigenvalue weighted by molar-refractivity contribution is -0.148. The smallest absolute Gasteiger partial charge is 0.266 e. The average Bonchev–Trinajstić information content (AvgIpc) is 3.12. The molecule has 8 nitrogen and oxygen atoms in total. The van der Waals surface area contributed by atoms with Crippen LogP contribution in [0, 0.1) is 5.41 Å². The quantitative estimate of drug-likeness (QED) is 0.383. The minimum Gasteiger partial charge on any atom is -0.489 e. The number of nitrogens with two attached hydrogens (primary N) is 1. The van der Waals surface area contributed by atoms with Gasteiger partial charge in [0.25, 0.3) is 5.91 Å². The van der Waals surface area contributed by atoms with Crippen LogP contribution in [0.4, 0.5) is 0 Å². The first-order valence-electron chi connectivity index (χ1n) is 11.2. The Labute approximate surface area is 198 Å². The van der Waals surface area contributed by atoms with Gasteiger partial charge in [-0.25, -0.2) is 5.48 Å². The van der Waals surface area contributed by atoms with Gasteiger partial charge in [-0.3, -0.25) is 19.8 Å². The van der Waals surface area contributed by atoms with Gasteiger partial charge in [-0.15, -0.1) is 0 Å². The third-order valence-corrected chi connectivity index (χ3v) is 6.38. The number of hydrogen-bond donors (Lipinski definition) is 3. The number of nitrogens with one attached hydrogen (secondary N) is 1. The van der Waals surface area contributed by atoms with Gasteiger partial charge >= 0.3 is 0 Å². The second-order valence-electron chi connectivity index (χ2n) is 9.76. The van der Waals surface area contributed by atoms with Gasteiger partial charge in [-0.2, -0.15) is 0 Å². The van der Waals surface area contributed by atoms with E-state index in [2.05, 4.69) is 4.98 Å². The molecule has 1 saturated heterocycles. The number of fused-ring (bicyclic) bond motifs is 1. The molecule has 1 aliphatic rings. The van der Waals surface area contributed by atoms with Gasteiger partial charge in [0, 0.05) is 23.7 Å². The first-order valence-corrected chi connectivity index (χ1v) is 11.2. The first kappa shape index (κ1) is 23.7. The Morgan fingerprint density at radius 1 is 1.21 bits per heavy atom. The molecule has 0 saturated carbocycles. The largest absolute Gasteiger partial charge is 0.489 e. The van der Waals surface area contributed by atoms with E-state index in [-0.39, 0.29) is 5.91 Å². The lowest BCUT2D eigenvalue weighted by Gasteiger charge is -2.37. The van der Waals surface area contributed by atoms with E-state index in [0.717, 1.165) is 16.5 Å². The first-order chi connectivity index (χ1) is 16.1. The van der Waals surface area contributed by atoms with E-state index >= 15 is 0 Å². The van der Waals surface area contributed by atoms with Crippen molar-refractivity contribution in [2.75, 3.05) is 6.54 Å². The zero-order valence-electron chi connectivity index (χ0n) is 19.6. The van der Waals surface area contributed by atoms with E-state index < -0.39 is 22.9 Å². The Bertz CT molecular complexity index is 1200. The van der Waals surface area contributed by atoms with Gasteiger partial charge in [0.15, 0.2) is 0 Å². The predicted octanol–water partition coefficient (Wildman–Crippen LogP) is 3.12. The minimum absolute atomic E-state index is 0.318.